The molecule has 0 unspecified atom stereocenters. The van der Waals surface area contributed by atoms with Crippen LogP contribution in [0.25, 0.3) is 0 Å². The van der Waals surface area contributed by atoms with Crippen LogP contribution < -0.4 is 5.32 Å². The summed E-state index contributed by atoms with van der Waals surface area (Å²) in [4.78, 5) is 14.4. The topological polar surface area (TPSA) is 41.6 Å². The predicted molar refractivity (Wildman–Crippen MR) is 103 cm³/mol. The molecule has 1 aromatic carbocycles. The summed E-state index contributed by atoms with van der Waals surface area (Å²) >= 11 is 0. The first kappa shape index (κ1) is 18.0. The normalized spacial score (nSPS) is 24.6. The lowest BCUT2D eigenvalue weighted by Crippen LogP contribution is -2.64. The first-order chi connectivity index (χ1) is 12.5. The Bertz CT molecular complexity index is 662. The summed E-state index contributed by atoms with van der Waals surface area (Å²) in [6.07, 6.45) is 5.39. The van der Waals surface area contributed by atoms with Crippen LogP contribution >= 0.6 is 0 Å². The zero-order valence-electron chi connectivity index (χ0n) is 16.2. The summed E-state index contributed by atoms with van der Waals surface area (Å²) in [5.41, 5.74) is 4.18. The van der Waals surface area contributed by atoms with Crippen molar-refractivity contribution >= 4 is 5.91 Å². The van der Waals surface area contributed by atoms with Gasteiger partial charge in [0.1, 0.15) is 0 Å². The van der Waals surface area contributed by atoms with Crippen molar-refractivity contribution in [1.29, 1.82) is 0 Å². The highest BCUT2D eigenvalue weighted by molar-refractivity contribution is 5.76. The molecule has 0 bridgehead atoms. The van der Waals surface area contributed by atoms with Crippen LogP contribution in [0.5, 0.6) is 0 Å². The molecule has 4 rings (SSSR count). The molecule has 2 heterocycles. The third-order valence-electron chi connectivity index (χ3n) is 6.47. The molecule has 4 heteroatoms. The van der Waals surface area contributed by atoms with E-state index in [-0.39, 0.29) is 11.5 Å². The Morgan fingerprint density at radius 2 is 2.08 bits per heavy atom. The van der Waals surface area contributed by atoms with Crippen molar-refractivity contribution in [3.8, 4) is 0 Å². The van der Waals surface area contributed by atoms with E-state index >= 15 is 0 Å². The Morgan fingerprint density at radius 1 is 1.27 bits per heavy atom. The third kappa shape index (κ3) is 3.96. The van der Waals surface area contributed by atoms with Gasteiger partial charge in [-0.15, -0.1) is 0 Å². The number of hydrogen-bond donors (Lipinski definition) is 1. The molecule has 3 aliphatic rings. The standard InChI is InChI=1S/C22H32N2O2/c1-16-3-4-17(2)19(11-16)13-24-14-22(15-24)20(8-10-26-22)7-9-23-21(25)12-18-5-6-18/h3-4,11,18,20H,5-10,12-15H2,1-2H3,(H,23,25)/t20-/m0/s1. The number of aryl methyl sites for hydroxylation is 2. The van der Waals surface area contributed by atoms with Crippen LogP contribution in [0.3, 0.4) is 0 Å². The van der Waals surface area contributed by atoms with Crippen molar-refractivity contribution < 1.29 is 9.53 Å². The molecule has 26 heavy (non-hydrogen) atoms. The van der Waals surface area contributed by atoms with E-state index in [1.807, 2.05) is 0 Å². The Morgan fingerprint density at radius 3 is 2.85 bits per heavy atom. The fraction of sp³-hybridized carbons (Fsp3) is 0.682. The van der Waals surface area contributed by atoms with Crippen molar-refractivity contribution in [3.63, 3.8) is 0 Å². The molecule has 2 aliphatic heterocycles. The Hall–Kier alpha value is -1.39. The maximum Gasteiger partial charge on any atom is 0.220 e. The van der Waals surface area contributed by atoms with E-state index in [0.717, 1.165) is 52.0 Å². The molecule has 1 spiro atoms. The minimum atomic E-state index is 0.0406. The van der Waals surface area contributed by atoms with Gasteiger partial charge in [-0.25, -0.2) is 0 Å². The number of rotatable bonds is 7. The molecule has 2 saturated heterocycles. The first-order valence-electron chi connectivity index (χ1n) is 10.2. The van der Waals surface area contributed by atoms with Crippen LogP contribution in [0.1, 0.15) is 48.8 Å². The lowest BCUT2D eigenvalue weighted by Gasteiger charge is -2.50. The molecular weight excluding hydrogens is 324 g/mol. The number of hydrogen-bond acceptors (Lipinski definition) is 3. The molecule has 142 valence electrons. The van der Waals surface area contributed by atoms with E-state index in [1.54, 1.807) is 0 Å². The number of nitrogens with zero attached hydrogens (tertiary/aromatic N) is 1. The van der Waals surface area contributed by atoms with E-state index in [1.165, 1.54) is 29.5 Å². The summed E-state index contributed by atoms with van der Waals surface area (Å²) in [6, 6.07) is 6.71. The van der Waals surface area contributed by atoms with Gasteiger partial charge in [0.15, 0.2) is 0 Å². The number of amides is 1. The summed E-state index contributed by atoms with van der Waals surface area (Å²) in [5, 5.41) is 3.12. The smallest absolute Gasteiger partial charge is 0.220 e. The first-order valence-corrected chi connectivity index (χ1v) is 10.2. The SMILES string of the molecule is Cc1ccc(C)c(CN2CC3(C2)OCC[C@@H]3CCNC(=O)CC2CC2)c1. The molecule has 3 fully saturated rings. The quantitative estimate of drug-likeness (QED) is 0.816. The van der Waals surface area contributed by atoms with Gasteiger partial charge in [0.25, 0.3) is 0 Å². The van der Waals surface area contributed by atoms with Gasteiger partial charge in [-0.3, -0.25) is 9.69 Å². The minimum Gasteiger partial charge on any atom is -0.372 e. The highest BCUT2D eigenvalue weighted by atomic mass is 16.5. The van der Waals surface area contributed by atoms with Gasteiger partial charge in [0.2, 0.25) is 5.91 Å². The van der Waals surface area contributed by atoms with Gasteiger partial charge in [-0.1, -0.05) is 23.8 Å². The van der Waals surface area contributed by atoms with E-state index < -0.39 is 0 Å². The summed E-state index contributed by atoms with van der Waals surface area (Å²) in [6.45, 7) is 9.11. The molecule has 1 amide bonds. The number of carbonyl (C=O) groups is 1. The average molecular weight is 357 g/mol. The zero-order valence-corrected chi connectivity index (χ0v) is 16.2. The van der Waals surface area contributed by atoms with Crippen molar-refractivity contribution in [2.75, 3.05) is 26.2 Å². The van der Waals surface area contributed by atoms with Crippen LogP contribution in [0.4, 0.5) is 0 Å². The summed E-state index contributed by atoms with van der Waals surface area (Å²) in [7, 11) is 0. The van der Waals surface area contributed by atoms with Crippen LogP contribution in [-0.2, 0) is 16.1 Å². The predicted octanol–water partition coefficient (Wildman–Crippen LogP) is 3.20. The second-order valence-corrected chi connectivity index (χ2v) is 8.76. The molecule has 4 nitrogen and oxygen atoms in total. The van der Waals surface area contributed by atoms with E-state index in [9.17, 15) is 4.79 Å². The Balaban J connectivity index is 1.25. The summed E-state index contributed by atoms with van der Waals surface area (Å²) in [5.74, 6) is 1.49. The van der Waals surface area contributed by atoms with Gasteiger partial charge >= 0.3 is 0 Å². The molecule has 1 aromatic rings. The Kier molecular flexibility index (Phi) is 5.07. The van der Waals surface area contributed by atoms with Gasteiger partial charge in [-0.05, 0) is 62.5 Å². The largest absolute Gasteiger partial charge is 0.372 e. The van der Waals surface area contributed by atoms with E-state index in [0.29, 0.717) is 11.8 Å². The van der Waals surface area contributed by atoms with E-state index in [2.05, 4.69) is 42.3 Å². The highest BCUT2D eigenvalue weighted by Crippen LogP contribution is 2.42. The van der Waals surface area contributed by atoms with Crippen LogP contribution in [0, 0.1) is 25.7 Å². The number of likely N-dealkylation sites (tertiary alicyclic amines) is 1. The molecule has 0 radical (unpaired) electrons. The fourth-order valence-corrected chi connectivity index (χ4v) is 4.62. The van der Waals surface area contributed by atoms with Gasteiger partial charge < -0.3 is 10.1 Å². The van der Waals surface area contributed by atoms with Crippen molar-refractivity contribution in [2.45, 2.75) is 58.1 Å². The van der Waals surface area contributed by atoms with Crippen molar-refractivity contribution in [2.24, 2.45) is 11.8 Å². The van der Waals surface area contributed by atoms with E-state index in [4.69, 9.17) is 4.74 Å². The monoisotopic (exact) mass is 356 g/mol. The zero-order chi connectivity index (χ0) is 18.1. The minimum absolute atomic E-state index is 0.0406. The number of benzene rings is 1. The number of ether oxygens (including phenoxy) is 1. The van der Waals surface area contributed by atoms with Crippen LogP contribution in [0.15, 0.2) is 18.2 Å². The lowest BCUT2D eigenvalue weighted by atomic mass is 9.78. The highest BCUT2D eigenvalue weighted by Gasteiger charge is 2.52. The maximum absolute atomic E-state index is 11.9. The number of nitrogens with one attached hydrogen (secondary N) is 1. The molecule has 1 saturated carbocycles. The van der Waals surface area contributed by atoms with Crippen LogP contribution in [0.2, 0.25) is 0 Å². The van der Waals surface area contributed by atoms with Gasteiger partial charge in [0.05, 0.1) is 5.60 Å². The van der Waals surface area contributed by atoms with Crippen molar-refractivity contribution in [3.05, 3.63) is 34.9 Å². The molecule has 1 aliphatic carbocycles. The van der Waals surface area contributed by atoms with Crippen molar-refractivity contribution in [1.82, 2.24) is 10.2 Å². The molecule has 0 aromatic heterocycles. The van der Waals surface area contributed by atoms with Crippen LogP contribution in [-0.4, -0.2) is 42.6 Å². The average Bonchev–Trinajstić information content (AvgIpc) is 3.28. The van der Waals surface area contributed by atoms with Gasteiger partial charge in [-0.2, -0.15) is 0 Å². The number of carbonyl (C=O) groups excluding carboxylic acids is 1. The maximum atomic E-state index is 11.9. The second kappa shape index (κ2) is 7.32. The van der Waals surface area contributed by atoms with Gasteiger partial charge in [0, 0.05) is 39.2 Å². The molecule has 1 atom stereocenters. The lowest BCUT2D eigenvalue weighted by molar-refractivity contribution is -0.137. The third-order valence-corrected chi connectivity index (χ3v) is 6.47. The fourth-order valence-electron chi connectivity index (χ4n) is 4.62. The summed E-state index contributed by atoms with van der Waals surface area (Å²) < 4.78 is 6.19. The molecule has 1 N–H and O–H groups in total. The molecular formula is C22H32N2O2. The Labute approximate surface area is 157 Å². The second-order valence-electron chi connectivity index (χ2n) is 8.76.